The Balaban J connectivity index is 1.53. The highest BCUT2D eigenvalue weighted by Gasteiger charge is 2.42. The number of urea groups is 1. The van der Waals surface area contributed by atoms with Gasteiger partial charge in [-0.25, -0.2) is 13.6 Å². The number of benzene rings is 2. The van der Waals surface area contributed by atoms with E-state index in [-0.39, 0.29) is 30.1 Å². The molecular weight excluding hydrogens is 342 g/mol. The van der Waals surface area contributed by atoms with Crippen molar-refractivity contribution in [1.29, 1.82) is 0 Å². The first-order chi connectivity index (χ1) is 12.5. The van der Waals surface area contributed by atoms with Crippen LogP contribution in [0.5, 0.6) is 11.5 Å². The minimum Gasteiger partial charge on any atom is -0.493 e. The first kappa shape index (κ1) is 18.0. The molecule has 2 aromatic rings. The molecule has 2 aromatic carbocycles. The van der Waals surface area contributed by atoms with E-state index in [1.165, 1.54) is 25.3 Å². The van der Waals surface area contributed by atoms with Gasteiger partial charge in [0.05, 0.1) is 14.2 Å². The third-order valence-corrected chi connectivity index (χ3v) is 4.38. The maximum Gasteiger partial charge on any atom is 0.315 e. The van der Waals surface area contributed by atoms with Crippen LogP contribution in [0.4, 0.5) is 13.6 Å². The molecule has 26 heavy (non-hydrogen) atoms. The van der Waals surface area contributed by atoms with Gasteiger partial charge in [-0.2, -0.15) is 0 Å². The number of methoxy groups -OCH3 is 2. The molecule has 1 aliphatic carbocycles. The molecule has 3 rings (SSSR count). The highest BCUT2D eigenvalue weighted by Crippen LogP contribution is 2.43. The highest BCUT2D eigenvalue weighted by molar-refractivity contribution is 5.75. The van der Waals surface area contributed by atoms with Gasteiger partial charge >= 0.3 is 6.03 Å². The molecule has 138 valence electrons. The molecule has 1 aliphatic rings. The number of hydrogen-bond donors (Lipinski definition) is 2. The van der Waals surface area contributed by atoms with Gasteiger partial charge in [0.15, 0.2) is 11.5 Å². The van der Waals surface area contributed by atoms with Gasteiger partial charge in [-0.1, -0.05) is 12.1 Å². The smallest absolute Gasteiger partial charge is 0.315 e. The topological polar surface area (TPSA) is 59.6 Å². The first-order valence-corrected chi connectivity index (χ1v) is 8.22. The fourth-order valence-corrected chi connectivity index (χ4v) is 2.93. The van der Waals surface area contributed by atoms with Gasteiger partial charge in [0.2, 0.25) is 0 Å². The van der Waals surface area contributed by atoms with E-state index in [0.717, 1.165) is 5.56 Å². The first-order valence-electron chi connectivity index (χ1n) is 8.22. The van der Waals surface area contributed by atoms with Crippen molar-refractivity contribution in [3.8, 4) is 11.5 Å². The summed E-state index contributed by atoms with van der Waals surface area (Å²) in [5, 5.41) is 5.47. The lowest BCUT2D eigenvalue weighted by Crippen LogP contribution is -2.37. The van der Waals surface area contributed by atoms with Gasteiger partial charge in [-0.05, 0) is 36.2 Å². The molecular formula is C19H20F2N2O3. The standard InChI is InChI=1S/C19H20F2N2O3/c1-25-16-7-6-11(8-17(16)26-2)10-22-19(24)23-15-9-12(15)18-13(20)4-3-5-14(18)21/h3-8,12,15H,9-10H2,1-2H3,(H2,22,23,24). The minimum atomic E-state index is -0.579. The Labute approximate surface area is 150 Å². The molecule has 2 unspecified atom stereocenters. The Bertz CT molecular complexity index is 793. The van der Waals surface area contributed by atoms with Crippen LogP contribution in [-0.4, -0.2) is 26.3 Å². The van der Waals surface area contributed by atoms with Crippen molar-refractivity contribution in [1.82, 2.24) is 10.6 Å². The molecule has 2 amide bonds. The van der Waals surface area contributed by atoms with Crippen molar-refractivity contribution in [3.05, 3.63) is 59.2 Å². The fourth-order valence-electron chi connectivity index (χ4n) is 2.93. The van der Waals surface area contributed by atoms with E-state index in [1.807, 2.05) is 6.07 Å². The number of rotatable bonds is 6. The number of carbonyl (C=O) groups is 1. The number of halogens is 2. The maximum atomic E-state index is 13.8. The van der Waals surface area contributed by atoms with E-state index in [2.05, 4.69) is 10.6 Å². The second kappa shape index (κ2) is 7.59. The summed E-state index contributed by atoms with van der Waals surface area (Å²) in [6.07, 6.45) is 0.516. The molecule has 0 heterocycles. The number of amides is 2. The van der Waals surface area contributed by atoms with Crippen molar-refractivity contribution < 1.29 is 23.0 Å². The van der Waals surface area contributed by atoms with E-state index in [4.69, 9.17) is 9.47 Å². The third-order valence-electron chi connectivity index (χ3n) is 4.38. The third kappa shape index (κ3) is 3.87. The van der Waals surface area contributed by atoms with Gasteiger partial charge in [-0.15, -0.1) is 0 Å². The Hall–Kier alpha value is -2.83. The summed E-state index contributed by atoms with van der Waals surface area (Å²) >= 11 is 0. The quantitative estimate of drug-likeness (QED) is 0.829. The summed E-state index contributed by atoms with van der Waals surface area (Å²) in [6, 6.07) is 8.47. The highest BCUT2D eigenvalue weighted by atomic mass is 19.1. The lowest BCUT2D eigenvalue weighted by atomic mass is 10.1. The summed E-state index contributed by atoms with van der Waals surface area (Å²) in [5.41, 5.74) is 0.878. The van der Waals surface area contributed by atoms with Crippen molar-refractivity contribution in [3.63, 3.8) is 0 Å². The average molecular weight is 362 g/mol. The van der Waals surface area contributed by atoms with Crippen LogP contribution >= 0.6 is 0 Å². The van der Waals surface area contributed by atoms with E-state index >= 15 is 0 Å². The van der Waals surface area contributed by atoms with Gasteiger partial charge in [0.25, 0.3) is 0 Å². The van der Waals surface area contributed by atoms with Crippen LogP contribution in [0.3, 0.4) is 0 Å². The molecule has 7 heteroatoms. The summed E-state index contributed by atoms with van der Waals surface area (Å²) in [6.45, 7) is 0.289. The second-order valence-corrected chi connectivity index (χ2v) is 6.10. The summed E-state index contributed by atoms with van der Waals surface area (Å²) in [4.78, 5) is 12.0. The van der Waals surface area contributed by atoms with Gasteiger partial charge < -0.3 is 20.1 Å². The molecule has 0 saturated heterocycles. The van der Waals surface area contributed by atoms with E-state index in [0.29, 0.717) is 17.9 Å². The molecule has 2 atom stereocenters. The zero-order valence-electron chi connectivity index (χ0n) is 14.5. The molecule has 1 fully saturated rings. The van der Waals surface area contributed by atoms with Crippen LogP contribution in [0.1, 0.15) is 23.5 Å². The van der Waals surface area contributed by atoms with E-state index < -0.39 is 11.6 Å². The van der Waals surface area contributed by atoms with E-state index in [9.17, 15) is 13.6 Å². The second-order valence-electron chi connectivity index (χ2n) is 6.10. The zero-order chi connectivity index (χ0) is 18.7. The Kier molecular flexibility index (Phi) is 5.25. The van der Waals surface area contributed by atoms with Gasteiger partial charge in [0, 0.05) is 24.1 Å². The number of hydrogen-bond acceptors (Lipinski definition) is 3. The SMILES string of the molecule is COc1ccc(CNC(=O)NC2CC2c2c(F)cccc2F)cc1OC. The van der Waals surface area contributed by atoms with Crippen LogP contribution in [0.15, 0.2) is 36.4 Å². The van der Waals surface area contributed by atoms with Crippen molar-refractivity contribution in [2.45, 2.75) is 24.9 Å². The molecule has 0 bridgehead atoms. The van der Waals surface area contributed by atoms with Crippen LogP contribution in [0.2, 0.25) is 0 Å². The molecule has 2 N–H and O–H groups in total. The average Bonchev–Trinajstić information content (AvgIpc) is 3.38. The van der Waals surface area contributed by atoms with Crippen LogP contribution in [0.25, 0.3) is 0 Å². The Morgan fingerprint density at radius 3 is 2.46 bits per heavy atom. The van der Waals surface area contributed by atoms with Crippen molar-refractivity contribution >= 4 is 6.03 Å². The largest absolute Gasteiger partial charge is 0.493 e. The van der Waals surface area contributed by atoms with Crippen LogP contribution in [-0.2, 0) is 6.54 Å². The molecule has 5 nitrogen and oxygen atoms in total. The number of nitrogens with one attached hydrogen (secondary N) is 2. The lowest BCUT2D eigenvalue weighted by molar-refractivity contribution is 0.240. The zero-order valence-corrected chi connectivity index (χ0v) is 14.5. The summed E-state index contributed by atoms with van der Waals surface area (Å²) < 4.78 is 37.9. The van der Waals surface area contributed by atoms with E-state index in [1.54, 1.807) is 19.2 Å². The predicted octanol–water partition coefficient (Wildman–Crippen LogP) is 3.34. The molecule has 1 saturated carbocycles. The van der Waals surface area contributed by atoms with Gasteiger partial charge in [0.1, 0.15) is 11.6 Å². The monoisotopic (exact) mass is 362 g/mol. The lowest BCUT2D eigenvalue weighted by Gasteiger charge is -2.11. The number of carbonyl (C=O) groups excluding carboxylic acids is 1. The Morgan fingerprint density at radius 1 is 1.12 bits per heavy atom. The maximum absolute atomic E-state index is 13.8. The minimum absolute atomic E-state index is 0.0395. The predicted molar refractivity (Wildman–Crippen MR) is 92.4 cm³/mol. The summed E-state index contributed by atoms with van der Waals surface area (Å²) in [5.74, 6) is -0.309. The molecule has 0 radical (unpaired) electrons. The number of ether oxygens (including phenoxy) is 2. The van der Waals surface area contributed by atoms with Gasteiger partial charge in [-0.3, -0.25) is 0 Å². The molecule has 0 aromatic heterocycles. The van der Waals surface area contributed by atoms with Crippen LogP contribution < -0.4 is 20.1 Å². The van der Waals surface area contributed by atoms with Crippen molar-refractivity contribution in [2.24, 2.45) is 0 Å². The fraction of sp³-hybridized carbons (Fsp3) is 0.316. The summed E-state index contributed by atoms with van der Waals surface area (Å²) in [7, 11) is 3.09. The molecule has 0 aliphatic heterocycles. The van der Waals surface area contributed by atoms with Crippen molar-refractivity contribution in [2.75, 3.05) is 14.2 Å². The van der Waals surface area contributed by atoms with Crippen LogP contribution in [0, 0.1) is 11.6 Å². The Morgan fingerprint density at radius 2 is 1.81 bits per heavy atom. The normalized spacial score (nSPS) is 18.2. The molecule has 0 spiro atoms.